The smallest absolute Gasteiger partial charge is 0.335 e. The number of nitriles is 1. The van der Waals surface area contributed by atoms with Gasteiger partial charge in [-0.1, -0.05) is 12.1 Å². The first kappa shape index (κ1) is 14.4. The third-order valence-electron chi connectivity index (χ3n) is 2.87. The first-order valence-corrected chi connectivity index (χ1v) is 6.17. The molecule has 1 N–H and O–H groups in total. The Labute approximate surface area is 122 Å². The molecule has 0 amide bonds. The van der Waals surface area contributed by atoms with Crippen molar-refractivity contribution in [2.75, 3.05) is 7.11 Å². The molecule has 5 nitrogen and oxygen atoms in total. The van der Waals surface area contributed by atoms with Crippen molar-refractivity contribution in [1.29, 1.82) is 5.26 Å². The normalized spacial score (nSPS) is 9.71. The van der Waals surface area contributed by atoms with Crippen molar-refractivity contribution < 1.29 is 19.4 Å². The highest BCUT2D eigenvalue weighted by Gasteiger charge is 2.06. The van der Waals surface area contributed by atoms with Gasteiger partial charge in [-0.25, -0.2) is 4.79 Å². The van der Waals surface area contributed by atoms with Crippen molar-refractivity contribution in [1.82, 2.24) is 0 Å². The van der Waals surface area contributed by atoms with Crippen molar-refractivity contribution in [2.45, 2.75) is 6.61 Å². The molecule has 0 heterocycles. The van der Waals surface area contributed by atoms with Crippen LogP contribution in [-0.4, -0.2) is 18.2 Å². The average molecular weight is 283 g/mol. The molecular formula is C16H13NO4. The van der Waals surface area contributed by atoms with Crippen LogP contribution in [0.1, 0.15) is 21.5 Å². The Morgan fingerprint density at radius 1 is 1.29 bits per heavy atom. The fourth-order valence-electron chi connectivity index (χ4n) is 1.82. The zero-order valence-corrected chi connectivity index (χ0v) is 11.4. The molecule has 2 rings (SSSR count). The molecule has 5 heteroatoms. The lowest BCUT2D eigenvalue weighted by molar-refractivity contribution is 0.0696. The van der Waals surface area contributed by atoms with E-state index in [1.54, 1.807) is 30.3 Å². The fraction of sp³-hybridized carbons (Fsp3) is 0.125. The highest BCUT2D eigenvalue weighted by Crippen LogP contribution is 2.20. The summed E-state index contributed by atoms with van der Waals surface area (Å²) in [5, 5.41) is 17.9. The molecule has 0 saturated heterocycles. The van der Waals surface area contributed by atoms with Gasteiger partial charge >= 0.3 is 5.97 Å². The van der Waals surface area contributed by atoms with Crippen LogP contribution in [0.25, 0.3) is 0 Å². The van der Waals surface area contributed by atoms with Gasteiger partial charge in [-0.2, -0.15) is 5.26 Å². The van der Waals surface area contributed by atoms with E-state index in [1.807, 2.05) is 0 Å². The molecule has 0 spiro atoms. The van der Waals surface area contributed by atoms with Crippen LogP contribution < -0.4 is 9.47 Å². The van der Waals surface area contributed by atoms with Gasteiger partial charge in [0.1, 0.15) is 24.2 Å². The number of carbonyl (C=O) groups is 1. The summed E-state index contributed by atoms with van der Waals surface area (Å²) in [4.78, 5) is 10.9. The number of nitrogens with zero attached hydrogens (tertiary/aromatic N) is 1. The van der Waals surface area contributed by atoms with Gasteiger partial charge < -0.3 is 14.6 Å². The topological polar surface area (TPSA) is 79.6 Å². The molecule has 0 aliphatic carbocycles. The minimum absolute atomic E-state index is 0.167. The minimum atomic E-state index is -1.00. The van der Waals surface area contributed by atoms with Crippen molar-refractivity contribution in [3.63, 3.8) is 0 Å². The Hall–Kier alpha value is -3.00. The summed E-state index contributed by atoms with van der Waals surface area (Å²) in [5.41, 5.74) is 1.39. The third kappa shape index (κ3) is 3.51. The molecule has 21 heavy (non-hydrogen) atoms. The molecule has 0 bridgehead atoms. The van der Waals surface area contributed by atoms with Gasteiger partial charge in [0.2, 0.25) is 0 Å². The van der Waals surface area contributed by atoms with E-state index in [2.05, 4.69) is 6.07 Å². The SMILES string of the molecule is COc1ccc(COc2cccc(C(=O)O)c2)cc1C#N. The Balaban J connectivity index is 2.11. The predicted molar refractivity (Wildman–Crippen MR) is 75.4 cm³/mol. The molecule has 2 aromatic carbocycles. The van der Waals surface area contributed by atoms with E-state index in [0.29, 0.717) is 17.1 Å². The highest BCUT2D eigenvalue weighted by molar-refractivity contribution is 5.87. The van der Waals surface area contributed by atoms with Crippen LogP contribution in [0.2, 0.25) is 0 Å². The van der Waals surface area contributed by atoms with Crippen LogP contribution in [0, 0.1) is 11.3 Å². The van der Waals surface area contributed by atoms with Crippen LogP contribution in [0.15, 0.2) is 42.5 Å². The van der Waals surface area contributed by atoms with E-state index >= 15 is 0 Å². The second-order valence-electron chi connectivity index (χ2n) is 4.27. The third-order valence-corrected chi connectivity index (χ3v) is 2.87. The van der Waals surface area contributed by atoms with Gasteiger partial charge in [-0.3, -0.25) is 0 Å². The Kier molecular flexibility index (Phi) is 4.42. The van der Waals surface area contributed by atoms with Gasteiger partial charge in [-0.05, 0) is 35.9 Å². The minimum Gasteiger partial charge on any atom is -0.495 e. The van der Waals surface area contributed by atoms with E-state index in [9.17, 15) is 4.79 Å². The molecule has 0 atom stereocenters. The van der Waals surface area contributed by atoms with Crippen molar-refractivity contribution in [3.8, 4) is 17.6 Å². The van der Waals surface area contributed by atoms with Gasteiger partial charge in [0.15, 0.2) is 0 Å². The summed E-state index contributed by atoms with van der Waals surface area (Å²) in [6.45, 7) is 0.238. The molecule has 106 valence electrons. The van der Waals surface area contributed by atoms with Crippen LogP contribution >= 0.6 is 0 Å². The van der Waals surface area contributed by atoms with Gasteiger partial charge in [0.25, 0.3) is 0 Å². The number of hydrogen-bond acceptors (Lipinski definition) is 4. The molecular weight excluding hydrogens is 270 g/mol. The van der Waals surface area contributed by atoms with E-state index in [0.717, 1.165) is 5.56 Å². The molecule has 0 radical (unpaired) electrons. The lowest BCUT2D eigenvalue weighted by Gasteiger charge is -2.09. The van der Waals surface area contributed by atoms with E-state index < -0.39 is 5.97 Å². The van der Waals surface area contributed by atoms with Gasteiger partial charge in [0.05, 0.1) is 18.2 Å². The summed E-state index contributed by atoms with van der Waals surface area (Å²) >= 11 is 0. The van der Waals surface area contributed by atoms with Crippen LogP contribution in [0.4, 0.5) is 0 Å². The van der Waals surface area contributed by atoms with E-state index in [1.165, 1.54) is 19.2 Å². The summed E-state index contributed by atoms with van der Waals surface area (Å²) < 4.78 is 10.6. The summed E-state index contributed by atoms with van der Waals surface area (Å²) in [7, 11) is 1.50. The number of carboxylic acid groups (broad SMARTS) is 1. The lowest BCUT2D eigenvalue weighted by Crippen LogP contribution is -2.00. The average Bonchev–Trinajstić information content (AvgIpc) is 2.52. The number of ether oxygens (including phenoxy) is 2. The number of benzene rings is 2. The van der Waals surface area contributed by atoms with Crippen molar-refractivity contribution >= 4 is 5.97 Å². The standard InChI is InChI=1S/C16H13NO4/c1-20-15-6-5-11(7-13(15)9-17)10-21-14-4-2-3-12(8-14)16(18)19/h2-8H,10H2,1H3,(H,18,19). The summed E-state index contributed by atoms with van der Waals surface area (Å²) in [6, 6.07) is 13.5. The second-order valence-corrected chi connectivity index (χ2v) is 4.27. The quantitative estimate of drug-likeness (QED) is 0.912. The molecule has 0 saturated carbocycles. The lowest BCUT2D eigenvalue weighted by atomic mass is 10.1. The van der Waals surface area contributed by atoms with Crippen molar-refractivity contribution in [2.24, 2.45) is 0 Å². The van der Waals surface area contributed by atoms with Crippen LogP contribution in [0.5, 0.6) is 11.5 Å². The number of carboxylic acids is 1. The Morgan fingerprint density at radius 3 is 2.76 bits per heavy atom. The predicted octanol–water partition coefficient (Wildman–Crippen LogP) is 2.84. The molecule has 0 fully saturated rings. The zero-order chi connectivity index (χ0) is 15.2. The maximum atomic E-state index is 10.9. The molecule has 2 aromatic rings. The Morgan fingerprint density at radius 2 is 2.10 bits per heavy atom. The molecule has 0 aliphatic rings. The zero-order valence-electron chi connectivity index (χ0n) is 11.4. The van der Waals surface area contributed by atoms with Crippen LogP contribution in [-0.2, 0) is 6.61 Å². The monoisotopic (exact) mass is 283 g/mol. The van der Waals surface area contributed by atoms with Gasteiger partial charge in [0, 0.05) is 0 Å². The molecule has 0 aliphatic heterocycles. The largest absolute Gasteiger partial charge is 0.495 e. The van der Waals surface area contributed by atoms with E-state index in [4.69, 9.17) is 19.8 Å². The van der Waals surface area contributed by atoms with Gasteiger partial charge in [-0.15, -0.1) is 0 Å². The Bertz CT molecular complexity index is 704. The number of hydrogen-bond donors (Lipinski definition) is 1. The first-order chi connectivity index (χ1) is 10.1. The van der Waals surface area contributed by atoms with Crippen molar-refractivity contribution in [3.05, 3.63) is 59.2 Å². The number of rotatable bonds is 5. The van der Waals surface area contributed by atoms with Crippen LogP contribution in [0.3, 0.4) is 0 Å². The summed E-state index contributed by atoms with van der Waals surface area (Å²) in [5.74, 6) is -0.0324. The number of methoxy groups -OCH3 is 1. The number of aromatic carboxylic acids is 1. The maximum absolute atomic E-state index is 10.9. The highest BCUT2D eigenvalue weighted by atomic mass is 16.5. The molecule has 0 unspecified atom stereocenters. The van der Waals surface area contributed by atoms with E-state index in [-0.39, 0.29) is 12.2 Å². The molecule has 0 aromatic heterocycles. The fourth-order valence-corrected chi connectivity index (χ4v) is 1.82. The second kappa shape index (κ2) is 6.44. The first-order valence-electron chi connectivity index (χ1n) is 6.17. The maximum Gasteiger partial charge on any atom is 0.335 e. The summed E-state index contributed by atoms with van der Waals surface area (Å²) in [6.07, 6.45) is 0.